The fourth-order valence-electron chi connectivity index (χ4n) is 1.90. The summed E-state index contributed by atoms with van der Waals surface area (Å²) in [6.07, 6.45) is -0.331. The Balaban J connectivity index is 2.36. The molecule has 0 atom stereocenters. The first-order valence-electron chi connectivity index (χ1n) is 7.94. The molecule has 1 amide bonds. The summed E-state index contributed by atoms with van der Waals surface area (Å²) in [7, 11) is 3.44. The maximum Gasteiger partial charge on any atom is 0.410 e. The quantitative estimate of drug-likeness (QED) is 0.626. The molecule has 0 saturated carbocycles. The van der Waals surface area contributed by atoms with Crippen LogP contribution in [0.4, 0.5) is 4.79 Å². The number of likely N-dealkylation sites (N-methyl/N-ethyl adjacent to an activating group) is 1. The summed E-state index contributed by atoms with van der Waals surface area (Å²) in [5, 5.41) is 7.51. The Morgan fingerprint density at radius 2 is 2.00 bits per heavy atom. The van der Waals surface area contributed by atoms with Crippen molar-refractivity contribution in [1.29, 1.82) is 0 Å². The van der Waals surface area contributed by atoms with Crippen LogP contribution in [0.3, 0.4) is 0 Å². The average molecular weight is 356 g/mol. The number of carbonyl (C=O) groups excluding carboxylic acids is 1. The van der Waals surface area contributed by atoms with Gasteiger partial charge in [0.15, 0.2) is 5.96 Å². The number of carbonyl (C=O) groups is 1. The largest absolute Gasteiger partial charge is 0.444 e. The van der Waals surface area contributed by atoms with Crippen LogP contribution in [0.2, 0.25) is 0 Å². The summed E-state index contributed by atoms with van der Waals surface area (Å²) in [6.45, 7) is 11.3. The van der Waals surface area contributed by atoms with Gasteiger partial charge in [0.2, 0.25) is 0 Å². The van der Waals surface area contributed by atoms with E-state index in [1.807, 2.05) is 34.6 Å². The lowest BCUT2D eigenvalue weighted by atomic mass is 10.2. The van der Waals surface area contributed by atoms with E-state index in [1.165, 1.54) is 4.88 Å². The van der Waals surface area contributed by atoms with Crippen LogP contribution in [0.15, 0.2) is 4.99 Å². The number of nitrogens with one attached hydrogen (secondary N) is 2. The van der Waals surface area contributed by atoms with Gasteiger partial charge in [0.05, 0.1) is 17.2 Å². The van der Waals surface area contributed by atoms with Gasteiger partial charge in [0.1, 0.15) is 5.60 Å². The first kappa shape index (κ1) is 20.2. The Morgan fingerprint density at radius 1 is 1.33 bits per heavy atom. The Morgan fingerprint density at radius 3 is 2.50 bits per heavy atom. The zero-order valence-corrected chi connectivity index (χ0v) is 16.5. The van der Waals surface area contributed by atoms with E-state index in [-0.39, 0.29) is 6.09 Å². The number of hydrogen-bond acceptors (Lipinski definition) is 5. The van der Waals surface area contributed by atoms with Crippen LogP contribution in [0.25, 0.3) is 0 Å². The maximum absolute atomic E-state index is 11.9. The highest BCUT2D eigenvalue weighted by molar-refractivity contribution is 7.11. The minimum absolute atomic E-state index is 0.331. The van der Waals surface area contributed by atoms with Gasteiger partial charge in [-0.3, -0.25) is 4.99 Å². The zero-order chi connectivity index (χ0) is 18.3. The van der Waals surface area contributed by atoms with Crippen molar-refractivity contribution in [2.45, 2.75) is 46.8 Å². The van der Waals surface area contributed by atoms with Crippen molar-refractivity contribution >= 4 is 23.4 Å². The molecule has 0 fully saturated rings. The highest BCUT2D eigenvalue weighted by Gasteiger charge is 2.19. The molecule has 136 valence electrons. The maximum atomic E-state index is 11.9. The first-order chi connectivity index (χ1) is 11.1. The van der Waals surface area contributed by atoms with Gasteiger partial charge in [-0.15, -0.1) is 11.3 Å². The molecule has 0 aromatic carbocycles. The molecule has 0 saturated heterocycles. The number of amides is 1. The minimum atomic E-state index is -0.485. The normalized spacial score (nSPS) is 12.0. The predicted octanol–water partition coefficient (Wildman–Crippen LogP) is 2.29. The number of thiazole rings is 1. The number of aliphatic imine (C=N–C) groups is 1. The summed E-state index contributed by atoms with van der Waals surface area (Å²) in [5.74, 6) is 0.693. The van der Waals surface area contributed by atoms with Crippen LogP contribution in [0.5, 0.6) is 0 Å². The van der Waals surface area contributed by atoms with Crippen LogP contribution in [-0.2, 0) is 11.3 Å². The second-order valence-corrected chi connectivity index (χ2v) is 7.78. The molecule has 1 heterocycles. The molecule has 1 aromatic rings. The number of guanidine groups is 1. The third kappa shape index (κ3) is 7.16. The van der Waals surface area contributed by atoms with Crippen molar-refractivity contribution in [2.75, 3.05) is 27.2 Å². The van der Waals surface area contributed by atoms with Gasteiger partial charge in [-0.2, -0.15) is 0 Å². The average Bonchev–Trinajstić information content (AvgIpc) is 2.78. The lowest BCUT2D eigenvalue weighted by Crippen LogP contribution is -2.42. The lowest BCUT2D eigenvalue weighted by molar-refractivity contribution is 0.0302. The number of rotatable bonds is 5. The molecule has 0 aliphatic heterocycles. The monoisotopic (exact) mass is 355 g/mol. The molecule has 1 aromatic heterocycles. The van der Waals surface area contributed by atoms with E-state index in [0.717, 1.165) is 10.7 Å². The fourth-order valence-corrected chi connectivity index (χ4v) is 2.77. The van der Waals surface area contributed by atoms with Gasteiger partial charge >= 0.3 is 6.09 Å². The summed E-state index contributed by atoms with van der Waals surface area (Å²) >= 11 is 1.68. The number of ether oxygens (including phenoxy) is 1. The van der Waals surface area contributed by atoms with E-state index in [0.29, 0.717) is 25.6 Å². The Kier molecular flexibility index (Phi) is 7.47. The van der Waals surface area contributed by atoms with Crippen molar-refractivity contribution in [3.63, 3.8) is 0 Å². The third-order valence-electron chi connectivity index (χ3n) is 3.08. The smallest absolute Gasteiger partial charge is 0.410 e. The first-order valence-corrected chi connectivity index (χ1v) is 8.75. The van der Waals surface area contributed by atoms with E-state index < -0.39 is 5.60 Å². The van der Waals surface area contributed by atoms with Crippen molar-refractivity contribution in [3.05, 3.63) is 15.6 Å². The molecule has 2 N–H and O–H groups in total. The van der Waals surface area contributed by atoms with Crippen molar-refractivity contribution < 1.29 is 9.53 Å². The molecule has 8 heteroatoms. The van der Waals surface area contributed by atoms with Gasteiger partial charge in [-0.25, -0.2) is 9.78 Å². The SMILES string of the molecule is CN=C(NCCN(C)C(=O)OC(C)(C)C)NCc1sc(C)nc1C. The van der Waals surface area contributed by atoms with E-state index in [4.69, 9.17) is 4.74 Å². The van der Waals surface area contributed by atoms with Crippen molar-refractivity contribution in [3.8, 4) is 0 Å². The highest BCUT2D eigenvalue weighted by Crippen LogP contribution is 2.16. The van der Waals surface area contributed by atoms with Crippen LogP contribution in [0, 0.1) is 13.8 Å². The van der Waals surface area contributed by atoms with Gasteiger partial charge in [0.25, 0.3) is 0 Å². The van der Waals surface area contributed by atoms with E-state index in [1.54, 1.807) is 30.3 Å². The van der Waals surface area contributed by atoms with Crippen LogP contribution >= 0.6 is 11.3 Å². The zero-order valence-electron chi connectivity index (χ0n) is 15.7. The summed E-state index contributed by atoms with van der Waals surface area (Å²) in [5.41, 5.74) is 0.561. The van der Waals surface area contributed by atoms with Crippen molar-refractivity contribution in [1.82, 2.24) is 20.5 Å². The molecular formula is C16H29N5O2S. The number of aromatic nitrogens is 1. The van der Waals surface area contributed by atoms with Gasteiger partial charge in [0, 0.05) is 32.1 Å². The third-order valence-corrected chi connectivity index (χ3v) is 4.16. The molecule has 0 radical (unpaired) electrons. The standard InChI is InChI=1S/C16H29N5O2S/c1-11-13(24-12(2)20-11)10-19-14(17-6)18-8-9-21(7)15(22)23-16(3,4)5/h8-10H2,1-7H3,(H2,17,18,19). The number of nitrogens with zero attached hydrogens (tertiary/aromatic N) is 3. The van der Waals surface area contributed by atoms with E-state index in [2.05, 4.69) is 20.6 Å². The molecule has 7 nitrogen and oxygen atoms in total. The van der Waals surface area contributed by atoms with Crippen LogP contribution in [0.1, 0.15) is 36.3 Å². The van der Waals surface area contributed by atoms with Gasteiger partial charge in [-0.1, -0.05) is 0 Å². The summed E-state index contributed by atoms with van der Waals surface area (Å²) < 4.78 is 5.31. The highest BCUT2D eigenvalue weighted by atomic mass is 32.1. The van der Waals surface area contributed by atoms with E-state index in [9.17, 15) is 4.79 Å². The Labute approximate surface area is 148 Å². The summed E-state index contributed by atoms with van der Waals surface area (Å²) in [4.78, 5) is 23.2. The molecule has 1 rings (SSSR count). The van der Waals surface area contributed by atoms with E-state index >= 15 is 0 Å². The van der Waals surface area contributed by atoms with Gasteiger partial charge in [-0.05, 0) is 34.6 Å². The second-order valence-electron chi connectivity index (χ2n) is 6.50. The summed E-state index contributed by atoms with van der Waals surface area (Å²) in [6, 6.07) is 0. The molecule has 0 bridgehead atoms. The minimum Gasteiger partial charge on any atom is -0.444 e. The van der Waals surface area contributed by atoms with Crippen LogP contribution < -0.4 is 10.6 Å². The topological polar surface area (TPSA) is 78.9 Å². The lowest BCUT2D eigenvalue weighted by Gasteiger charge is -2.24. The number of hydrogen-bond donors (Lipinski definition) is 2. The molecule has 0 unspecified atom stereocenters. The molecule has 24 heavy (non-hydrogen) atoms. The second kappa shape index (κ2) is 8.86. The predicted molar refractivity (Wildman–Crippen MR) is 98.7 cm³/mol. The molecular weight excluding hydrogens is 326 g/mol. The van der Waals surface area contributed by atoms with Crippen LogP contribution in [-0.4, -0.2) is 54.7 Å². The van der Waals surface area contributed by atoms with Crippen molar-refractivity contribution in [2.24, 2.45) is 4.99 Å². The Hall–Kier alpha value is -1.83. The fraction of sp³-hybridized carbons (Fsp3) is 0.688. The molecule has 0 spiro atoms. The van der Waals surface area contributed by atoms with Gasteiger partial charge < -0.3 is 20.3 Å². The Bertz CT molecular complexity index is 578. The molecule has 0 aliphatic carbocycles. The molecule has 0 aliphatic rings. The number of aryl methyl sites for hydroxylation is 2.